The summed E-state index contributed by atoms with van der Waals surface area (Å²) in [5, 5.41) is 12.4. The Bertz CT molecular complexity index is 1080. The highest BCUT2D eigenvalue weighted by atomic mass is 19.4. The van der Waals surface area contributed by atoms with E-state index in [0.29, 0.717) is 6.07 Å². The Morgan fingerprint density at radius 3 is 2.50 bits per heavy atom. The summed E-state index contributed by atoms with van der Waals surface area (Å²) in [6.07, 6.45) is -5.63. The number of carbonyl (C=O) groups excluding carboxylic acids is 2. The molecule has 1 aromatic carbocycles. The molecule has 0 unspecified atom stereocenters. The number of aromatic hydroxyl groups is 1. The molecule has 1 fully saturated rings. The van der Waals surface area contributed by atoms with Crippen LogP contribution in [0.4, 0.5) is 27.6 Å². The zero-order valence-electron chi connectivity index (χ0n) is 16.7. The molecule has 1 aromatic heterocycles. The fourth-order valence-electron chi connectivity index (χ4n) is 3.70. The molecule has 1 aliphatic rings. The van der Waals surface area contributed by atoms with E-state index in [4.69, 9.17) is 10.5 Å². The molecule has 4 N–H and O–H groups in total. The summed E-state index contributed by atoms with van der Waals surface area (Å²) in [5.41, 5.74) is 1.64. The fourth-order valence-corrected chi connectivity index (χ4v) is 3.70. The topological polar surface area (TPSA) is 115 Å². The summed E-state index contributed by atoms with van der Waals surface area (Å²) in [7, 11) is 0. The number of phenolic OH excluding ortho intramolecular Hbond substituents is 1. The number of pyridine rings is 1. The van der Waals surface area contributed by atoms with E-state index in [0.717, 1.165) is 32.2 Å². The summed E-state index contributed by atoms with van der Waals surface area (Å²) in [5.74, 6) is -9.22. The number of hydrogen-bond acceptors (Lipinski definition) is 5. The number of phenols is 1. The minimum absolute atomic E-state index is 0.0103. The smallest absolute Gasteiger partial charge is 0.417 e. The van der Waals surface area contributed by atoms with Crippen LogP contribution in [0.5, 0.6) is 5.75 Å². The third-order valence-electron chi connectivity index (χ3n) is 5.67. The molecule has 32 heavy (non-hydrogen) atoms. The Hall–Kier alpha value is -3.28. The number of rotatable bonds is 4. The summed E-state index contributed by atoms with van der Waals surface area (Å²) in [6.45, 7) is 1.86. The van der Waals surface area contributed by atoms with Crippen molar-refractivity contribution in [2.24, 2.45) is 11.7 Å². The van der Waals surface area contributed by atoms with Gasteiger partial charge in [-0.3, -0.25) is 14.6 Å². The fraction of sp³-hybridized carbons (Fsp3) is 0.350. The molecule has 0 aliphatic carbocycles. The van der Waals surface area contributed by atoms with Gasteiger partial charge in [0.2, 0.25) is 5.82 Å². The Labute approximate surface area is 178 Å². The van der Waals surface area contributed by atoms with Gasteiger partial charge in [-0.25, -0.2) is 4.39 Å². The number of halogens is 5. The molecule has 0 saturated carbocycles. The van der Waals surface area contributed by atoms with E-state index in [1.54, 1.807) is 0 Å². The number of nitrogens with one attached hydrogen (secondary N) is 1. The van der Waals surface area contributed by atoms with Gasteiger partial charge in [0, 0.05) is 29.3 Å². The van der Waals surface area contributed by atoms with E-state index in [-0.39, 0.29) is 11.4 Å². The third-order valence-corrected chi connectivity index (χ3v) is 5.67. The molecule has 1 saturated heterocycles. The lowest BCUT2D eigenvalue weighted by Gasteiger charge is -2.31. The maximum absolute atomic E-state index is 14.0. The number of amides is 2. The molecule has 0 bridgehead atoms. The molecule has 2 amide bonds. The number of hydrogen-bond donors (Lipinski definition) is 3. The summed E-state index contributed by atoms with van der Waals surface area (Å²) in [6, 6.07) is 3.90. The molecule has 1 aliphatic heterocycles. The number of nitrogens with zero attached hydrogens (tertiary/aromatic N) is 1. The van der Waals surface area contributed by atoms with Crippen molar-refractivity contribution in [3.05, 3.63) is 53.4 Å². The number of anilines is 1. The molecule has 0 spiro atoms. The van der Waals surface area contributed by atoms with Gasteiger partial charge in [0.25, 0.3) is 11.8 Å². The van der Waals surface area contributed by atoms with Crippen molar-refractivity contribution in [1.29, 1.82) is 0 Å². The van der Waals surface area contributed by atoms with Crippen LogP contribution < -0.4 is 11.1 Å². The van der Waals surface area contributed by atoms with Gasteiger partial charge in [-0.1, -0.05) is 13.0 Å². The van der Waals surface area contributed by atoms with Gasteiger partial charge >= 0.3 is 6.18 Å². The Kier molecular flexibility index (Phi) is 5.85. The molecular weight excluding hydrogens is 441 g/mol. The van der Waals surface area contributed by atoms with Crippen LogP contribution in [-0.4, -0.2) is 39.8 Å². The Balaban J connectivity index is 2.05. The zero-order chi connectivity index (χ0) is 24.0. The van der Waals surface area contributed by atoms with Gasteiger partial charge in [-0.15, -0.1) is 0 Å². The van der Waals surface area contributed by atoms with Crippen molar-refractivity contribution in [2.45, 2.75) is 37.6 Å². The molecule has 172 valence electrons. The minimum atomic E-state index is -4.93. The second-order valence-electron chi connectivity index (χ2n) is 7.54. The van der Waals surface area contributed by atoms with E-state index in [1.807, 2.05) is 0 Å². The van der Waals surface area contributed by atoms with Gasteiger partial charge < -0.3 is 20.9 Å². The first kappa shape index (κ1) is 23.4. The highest BCUT2D eigenvalue weighted by Gasteiger charge is 2.65. The number of nitrogens with two attached hydrogens (primary N) is 1. The number of alkyl halides is 3. The van der Waals surface area contributed by atoms with Crippen LogP contribution in [0.3, 0.4) is 0 Å². The molecule has 7 nitrogen and oxygen atoms in total. The number of primary amides is 1. The van der Waals surface area contributed by atoms with E-state index in [1.165, 1.54) is 6.07 Å². The highest BCUT2D eigenvalue weighted by Crippen LogP contribution is 2.54. The standard InChI is InChI=1S/C20H18F5N3O4/c1-8-13(10-3-4-11(21)14(22)15(10)29)16(32-19(8,2)20(23,24)25)18(31)28-9-5-6-27-12(7-9)17(26)30/h3-8,13,16,29H,1-2H3,(H2,26,30)(H,27,28,31)/t8-,13-,16+,19-/m1/s1. The molecule has 2 heterocycles. The second kappa shape index (κ2) is 8.01. The summed E-state index contributed by atoms with van der Waals surface area (Å²) < 4.78 is 74.0. The Morgan fingerprint density at radius 1 is 1.25 bits per heavy atom. The SMILES string of the molecule is C[C@@H]1[C@H](c2ccc(F)c(F)c2O)[C@@H](C(=O)Nc2ccnc(C(N)=O)c2)O[C@@]1(C)C(F)(F)F. The lowest BCUT2D eigenvalue weighted by molar-refractivity contribution is -0.272. The molecule has 12 heteroatoms. The first-order valence-corrected chi connectivity index (χ1v) is 9.26. The van der Waals surface area contributed by atoms with Gasteiger partial charge in [0.1, 0.15) is 11.8 Å². The molecule has 0 radical (unpaired) electrons. The van der Waals surface area contributed by atoms with Gasteiger partial charge in [-0.2, -0.15) is 17.6 Å². The van der Waals surface area contributed by atoms with Gasteiger partial charge in [0.15, 0.2) is 17.2 Å². The lowest BCUT2D eigenvalue weighted by atomic mass is 9.77. The average Bonchev–Trinajstić information content (AvgIpc) is 2.99. The van der Waals surface area contributed by atoms with Crippen LogP contribution in [0.2, 0.25) is 0 Å². The minimum Gasteiger partial charge on any atom is -0.505 e. The highest BCUT2D eigenvalue weighted by molar-refractivity contribution is 5.97. The number of carbonyl (C=O) groups is 2. The summed E-state index contributed by atoms with van der Waals surface area (Å²) >= 11 is 0. The van der Waals surface area contributed by atoms with E-state index in [9.17, 15) is 36.6 Å². The van der Waals surface area contributed by atoms with Crippen LogP contribution in [0.25, 0.3) is 0 Å². The maximum atomic E-state index is 14.0. The van der Waals surface area contributed by atoms with Crippen molar-refractivity contribution in [3.63, 3.8) is 0 Å². The van der Waals surface area contributed by atoms with E-state index >= 15 is 0 Å². The first-order valence-electron chi connectivity index (χ1n) is 9.26. The van der Waals surface area contributed by atoms with Crippen molar-refractivity contribution >= 4 is 17.5 Å². The van der Waals surface area contributed by atoms with E-state index in [2.05, 4.69) is 10.3 Å². The third kappa shape index (κ3) is 3.85. The van der Waals surface area contributed by atoms with E-state index < -0.39 is 64.5 Å². The molecule has 3 rings (SSSR count). The van der Waals surface area contributed by atoms with Crippen LogP contribution in [0.1, 0.15) is 35.8 Å². The van der Waals surface area contributed by atoms with Crippen molar-refractivity contribution in [3.8, 4) is 5.75 Å². The predicted molar refractivity (Wildman–Crippen MR) is 101 cm³/mol. The normalized spacial score (nSPS) is 25.5. The van der Waals surface area contributed by atoms with Crippen molar-refractivity contribution in [1.82, 2.24) is 4.98 Å². The van der Waals surface area contributed by atoms with Crippen molar-refractivity contribution < 1.29 is 41.4 Å². The van der Waals surface area contributed by atoms with Gasteiger partial charge in [-0.05, 0) is 25.1 Å². The lowest BCUT2D eigenvalue weighted by Crippen LogP contribution is -2.47. The monoisotopic (exact) mass is 459 g/mol. The number of ether oxygens (including phenoxy) is 1. The quantitative estimate of drug-likeness (QED) is 0.608. The second-order valence-corrected chi connectivity index (χ2v) is 7.54. The molecule has 2 aromatic rings. The predicted octanol–water partition coefficient (Wildman–Crippen LogP) is 3.24. The van der Waals surface area contributed by atoms with Crippen LogP contribution in [-0.2, 0) is 9.53 Å². The molecule has 4 atom stereocenters. The summed E-state index contributed by atoms with van der Waals surface area (Å²) in [4.78, 5) is 27.9. The van der Waals surface area contributed by atoms with Gasteiger partial charge in [0.05, 0.1) is 0 Å². The van der Waals surface area contributed by atoms with Crippen LogP contribution >= 0.6 is 0 Å². The number of benzene rings is 1. The Morgan fingerprint density at radius 2 is 1.91 bits per heavy atom. The average molecular weight is 459 g/mol. The maximum Gasteiger partial charge on any atom is 0.417 e. The zero-order valence-corrected chi connectivity index (χ0v) is 16.7. The van der Waals surface area contributed by atoms with Crippen LogP contribution in [0, 0.1) is 17.6 Å². The largest absolute Gasteiger partial charge is 0.505 e. The first-order chi connectivity index (χ1) is 14.8. The van der Waals surface area contributed by atoms with Crippen molar-refractivity contribution in [2.75, 3.05) is 5.32 Å². The number of aromatic nitrogens is 1. The molecular formula is C20H18F5N3O4. The van der Waals surface area contributed by atoms with Crippen LogP contribution in [0.15, 0.2) is 30.5 Å².